The van der Waals surface area contributed by atoms with Crippen molar-refractivity contribution in [2.24, 2.45) is 0 Å². The summed E-state index contributed by atoms with van der Waals surface area (Å²) in [6.07, 6.45) is 3.24. The molecule has 0 aliphatic rings. The highest BCUT2D eigenvalue weighted by Gasteiger charge is 2.18. The number of aryl methyl sites for hydroxylation is 1. The van der Waals surface area contributed by atoms with Crippen LogP contribution in [0.1, 0.15) is 11.1 Å². The van der Waals surface area contributed by atoms with Crippen LogP contribution in [0, 0.1) is 6.92 Å². The highest BCUT2D eigenvalue weighted by atomic mass is 79.9. The van der Waals surface area contributed by atoms with Crippen molar-refractivity contribution < 1.29 is 8.42 Å². The molecule has 0 fully saturated rings. The average molecular weight is 376 g/mol. The van der Waals surface area contributed by atoms with Crippen LogP contribution >= 0.6 is 27.5 Å². The minimum atomic E-state index is -3.64. The first-order valence-corrected chi connectivity index (χ1v) is 8.40. The number of pyridine rings is 1. The second-order valence-electron chi connectivity index (χ2n) is 4.22. The topological polar surface area (TPSA) is 59.1 Å². The second kappa shape index (κ2) is 6.22. The molecule has 2 aromatic rings. The zero-order valence-corrected chi connectivity index (χ0v) is 13.8. The lowest BCUT2D eigenvalue weighted by atomic mass is 10.2. The third kappa shape index (κ3) is 3.58. The van der Waals surface area contributed by atoms with Gasteiger partial charge in [-0.25, -0.2) is 13.1 Å². The molecule has 0 atom stereocenters. The Morgan fingerprint density at radius 2 is 2.15 bits per heavy atom. The van der Waals surface area contributed by atoms with Crippen molar-refractivity contribution in [3.63, 3.8) is 0 Å². The summed E-state index contributed by atoms with van der Waals surface area (Å²) in [5.74, 6) is 0. The predicted molar refractivity (Wildman–Crippen MR) is 82.2 cm³/mol. The fourth-order valence-electron chi connectivity index (χ4n) is 1.59. The van der Waals surface area contributed by atoms with Gasteiger partial charge in [-0.05, 0) is 52.2 Å². The van der Waals surface area contributed by atoms with E-state index in [0.29, 0.717) is 9.50 Å². The van der Waals surface area contributed by atoms with Gasteiger partial charge in [-0.15, -0.1) is 0 Å². The fraction of sp³-hybridized carbons (Fsp3) is 0.154. The van der Waals surface area contributed by atoms with Gasteiger partial charge in [-0.2, -0.15) is 0 Å². The maximum absolute atomic E-state index is 12.3. The number of hydrogen-bond acceptors (Lipinski definition) is 3. The van der Waals surface area contributed by atoms with Crippen molar-refractivity contribution in [1.29, 1.82) is 0 Å². The van der Waals surface area contributed by atoms with Gasteiger partial charge in [0.15, 0.2) is 0 Å². The maximum Gasteiger partial charge on any atom is 0.242 e. The molecular formula is C13H12BrClN2O2S. The molecule has 0 aliphatic carbocycles. The van der Waals surface area contributed by atoms with Gasteiger partial charge in [0.05, 0.1) is 4.90 Å². The second-order valence-corrected chi connectivity index (χ2v) is 7.21. The Labute approximate surface area is 131 Å². The van der Waals surface area contributed by atoms with Crippen molar-refractivity contribution >= 4 is 37.6 Å². The van der Waals surface area contributed by atoms with Crippen molar-refractivity contribution in [2.75, 3.05) is 0 Å². The first-order chi connectivity index (χ1) is 9.40. The molecule has 0 bridgehead atoms. The summed E-state index contributed by atoms with van der Waals surface area (Å²) in [5.41, 5.74) is 1.59. The fourth-order valence-corrected chi connectivity index (χ4v) is 4.02. The molecule has 0 spiro atoms. The summed E-state index contributed by atoms with van der Waals surface area (Å²) in [6, 6.07) is 6.67. The summed E-state index contributed by atoms with van der Waals surface area (Å²) in [6.45, 7) is 1.99. The molecular weight excluding hydrogens is 364 g/mol. The van der Waals surface area contributed by atoms with Crippen molar-refractivity contribution in [2.45, 2.75) is 18.4 Å². The minimum absolute atomic E-state index is 0.122. The number of aromatic nitrogens is 1. The molecule has 0 saturated carbocycles. The van der Waals surface area contributed by atoms with Crippen LogP contribution in [0.3, 0.4) is 0 Å². The van der Waals surface area contributed by atoms with E-state index in [1.165, 1.54) is 6.07 Å². The van der Waals surface area contributed by atoms with Crippen molar-refractivity contribution in [3.05, 3.63) is 57.3 Å². The number of nitrogens with one attached hydrogen (secondary N) is 1. The highest BCUT2D eigenvalue weighted by Crippen LogP contribution is 2.28. The monoisotopic (exact) mass is 374 g/mol. The number of hydrogen-bond donors (Lipinski definition) is 1. The Bertz CT molecular complexity index is 721. The minimum Gasteiger partial charge on any atom is -0.264 e. The third-order valence-electron chi connectivity index (χ3n) is 2.69. The molecule has 1 aromatic heterocycles. The van der Waals surface area contributed by atoms with E-state index in [-0.39, 0.29) is 11.4 Å². The molecule has 0 amide bonds. The van der Waals surface area contributed by atoms with Gasteiger partial charge in [0.25, 0.3) is 0 Å². The quantitative estimate of drug-likeness (QED) is 0.892. The molecule has 1 aromatic carbocycles. The van der Waals surface area contributed by atoms with Crippen molar-refractivity contribution in [3.8, 4) is 0 Å². The molecule has 0 unspecified atom stereocenters. The first kappa shape index (κ1) is 15.4. The largest absolute Gasteiger partial charge is 0.264 e. The van der Waals surface area contributed by atoms with Gasteiger partial charge in [0.2, 0.25) is 10.0 Å². The molecule has 7 heteroatoms. The number of rotatable bonds is 4. The Morgan fingerprint density at radius 3 is 2.80 bits per heavy atom. The lowest BCUT2D eigenvalue weighted by Gasteiger charge is -2.10. The molecule has 1 heterocycles. The van der Waals surface area contributed by atoms with Crippen LogP contribution in [-0.2, 0) is 16.6 Å². The summed E-state index contributed by atoms with van der Waals surface area (Å²) < 4.78 is 27.5. The van der Waals surface area contributed by atoms with Crippen LogP contribution in [0.15, 0.2) is 46.0 Å². The van der Waals surface area contributed by atoms with Crippen LogP contribution in [0.2, 0.25) is 5.02 Å². The predicted octanol–water partition coefficient (Wildman–Crippen LogP) is 3.28. The summed E-state index contributed by atoms with van der Waals surface area (Å²) in [7, 11) is -3.64. The molecule has 0 aliphatic heterocycles. The number of sulfonamides is 1. The molecule has 106 valence electrons. The Kier molecular flexibility index (Phi) is 4.80. The van der Waals surface area contributed by atoms with Crippen LogP contribution in [0.5, 0.6) is 0 Å². The Balaban J connectivity index is 2.25. The van der Waals surface area contributed by atoms with E-state index >= 15 is 0 Å². The highest BCUT2D eigenvalue weighted by molar-refractivity contribution is 9.10. The summed E-state index contributed by atoms with van der Waals surface area (Å²) in [5, 5.41) is 0.412. The van der Waals surface area contributed by atoms with E-state index in [9.17, 15) is 8.42 Å². The summed E-state index contributed by atoms with van der Waals surface area (Å²) >= 11 is 9.24. The van der Waals surface area contributed by atoms with Crippen molar-refractivity contribution in [1.82, 2.24) is 9.71 Å². The number of nitrogens with zero attached hydrogens (tertiary/aromatic N) is 1. The summed E-state index contributed by atoms with van der Waals surface area (Å²) in [4.78, 5) is 4.06. The lowest BCUT2D eigenvalue weighted by molar-refractivity contribution is 0.580. The molecule has 2 rings (SSSR count). The van der Waals surface area contributed by atoms with E-state index in [1.807, 2.05) is 6.92 Å². The lowest BCUT2D eigenvalue weighted by Crippen LogP contribution is -2.23. The Hall–Kier alpha value is -0.950. The van der Waals surface area contributed by atoms with Crippen LogP contribution in [-0.4, -0.2) is 13.4 Å². The van der Waals surface area contributed by atoms with E-state index < -0.39 is 10.0 Å². The van der Waals surface area contributed by atoms with E-state index in [1.54, 1.807) is 30.6 Å². The maximum atomic E-state index is 12.3. The van der Waals surface area contributed by atoms with Crippen LogP contribution in [0.4, 0.5) is 0 Å². The van der Waals surface area contributed by atoms with Crippen LogP contribution < -0.4 is 4.72 Å². The number of benzene rings is 1. The molecule has 0 radical (unpaired) electrons. The Morgan fingerprint density at radius 1 is 1.40 bits per heavy atom. The molecule has 20 heavy (non-hydrogen) atoms. The standard InChI is InChI=1S/C13H12BrClN2O2S/c1-9-5-11(14)13(6-12(9)15)20(18,19)17-8-10-3-2-4-16-7-10/h2-7,17H,8H2,1H3. The molecule has 1 N–H and O–H groups in total. The van der Waals surface area contributed by atoms with Gasteiger partial charge >= 0.3 is 0 Å². The molecule has 4 nitrogen and oxygen atoms in total. The first-order valence-electron chi connectivity index (χ1n) is 5.74. The van der Waals surface area contributed by atoms with Gasteiger partial charge in [0, 0.05) is 28.4 Å². The third-order valence-corrected chi connectivity index (χ3v) is 5.46. The van der Waals surface area contributed by atoms with Crippen LogP contribution in [0.25, 0.3) is 0 Å². The van der Waals surface area contributed by atoms with E-state index in [4.69, 9.17) is 11.6 Å². The van der Waals surface area contributed by atoms with E-state index in [2.05, 4.69) is 25.6 Å². The zero-order chi connectivity index (χ0) is 14.8. The zero-order valence-electron chi connectivity index (χ0n) is 10.6. The normalized spacial score (nSPS) is 11.6. The van der Waals surface area contributed by atoms with Gasteiger partial charge < -0.3 is 0 Å². The van der Waals surface area contributed by atoms with E-state index in [0.717, 1.165) is 11.1 Å². The number of halogens is 2. The van der Waals surface area contributed by atoms with Gasteiger partial charge in [-0.1, -0.05) is 17.7 Å². The average Bonchev–Trinajstić information content (AvgIpc) is 2.42. The van der Waals surface area contributed by atoms with Gasteiger partial charge in [-0.3, -0.25) is 4.98 Å². The molecule has 0 saturated heterocycles. The smallest absolute Gasteiger partial charge is 0.242 e. The van der Waals surface area contributed by atoms with Gasteiger partial charge in [0.1, 0.15) is 0 Å². The SMILES string of the molecule is Cc1cc(Br)c(S(=O)(=O)NCc2cccnc2)cc1Cl.